The molecule has 4 aromatic rings. The molecule has 0 unspecified atom stereocenters. The zero-order valence-electron chi connectivity index (χ0n) is 15.4. The van der Waals surface area contributed by atoms with Crippen molar-refractivity contribution in [2.45, 2.75) is 27.2 Å². The van der Waals surface area contributed by atoms with Gasteiger partial charge in [-0.1, -0.05) is 34.7 Å². The Morgan fingerprint density at radius 3 is 2.85 bits per heavy atom. The third-order valence-electron chi connectivity index (χ3n) is 4.66. The molecule has 4 rings (SSSR count). The molecule has 0 atom stereocenters. The van der Waals surface area contributed by atoms with E-state index >= 15 is 0 Å². The number of aromatic amines is 1. The molecule has 8 heteroatoms. The van der Waals surface area contributed by atoms with Crippen molar-refractivity contribution in [3.05, 3.63) is 58.0 Å². The van der Waals surface area contributed by atoms with Gasteiger partial charge >= 0.3 is 0 Å². The lowest BCUT2D eigenvalue weighted by atomic mass is 10.1. The lowest BCUT2D eigenvalue weighted by Crippen LogP contribution is -2.26. The number of para-hydroxylation sites is 1. The molecule has 2 N–H and O–H groups in total. The van der Waals surface area contributed by atoms with Crippen molar-refractivity contribution in [2.75, 3.05) is 6.54 Å². The van der Waals surface area contributed by atoms with Crippen molar-refractivity contribution in [1.82, 2.24) is 30.3 Å². The highest BCUT2D eigenvalue weighted by Crippen LogP contribution is 2.21. The summed E-state index contributed by atoms with van der Waals surface area (Å²) in [6.45, 7) is 6.34. The number of H-pyrrole nitrogens is 1. The van der Waals surface area contributed by atoms with E-state index in [9.17, 15) is 4.79 Å². The van der Waals surface area contributed by atoms with Gasteiger partial charge in [0.1, 0.15) is 0 Å². The maximum absolute atomic E-state index is 12.5. The first kappa shape index (κ1) is 17.4. The minimum absolute atomic E-state index is 0.219. The van der Waals surface area contributed by atoms with Crippen LogP contribution in [0.15, 0.2) is 30.5 Å². The van der Waals surface area contributed by atoms with Crippen LogP contribution in [0.25, 0.3) is 16.0 Å². The predicted octanol–water partition coefficient (Wildman–Crippen LogP) is 3.10. The van der Waals surface area contributed by atoms with Gasteiger partial charge in [0, 0.05) is 28.5 Å². The Labute approximate surface area is 160 Å². The van der Waals surface area contributed by atoms with Crippen LogP contribution in [-0.4, -0.2) is 37.4 Å². The van der Waals surface area contributed by atoms with Crippen molar-refractivity contribution in [2.24, 2.45) is 0 Å². The third kappa shape index (κ3) is 3.23. The molecule has 1 amide bonds. The van der Waals surface area contributed by atoms with Gasteiger partial charge < -0.3 is 10.3 Å². The van der Waals surface area contributed by atoms with Crippen molar-refractivity contribution >= 4 is 28.1 Å². The number of thiazole rings is 1. The first-order chi connectivity index (χ1) is 13.0. The van der Waals surface area contributed by atoms with E-state index in [1.807, 2.05) is 45.2 Å². The van der Waals surface area contributed by atoms with Crippen molar-refractivity contribution in [3.63, 3.8) is 0 Å². The Bertz CT molecular complexity index is 1100. The molecule has 1 aromatic carbocycles. The molecule has 0 saturated heterocycles. The summed E-state index contributed by atoms with van der Waals surface area (Å²) in [4.78, 5) is 21.4. The monoisotopic (exact) mass is 380 g/mol. The molecule has 0 saturated carbocycles. The number of hydrogen-bond donors (Lipinski definition) is 2. The average molecular weight is 380 g/mol. The fraction of sp³-hybridized carbons (Fsp3) is 0.263. The summed E-state index contributed by atoms with van der Waals surface area (Å²) >= 11 is 1.54. The first-order valence-corrected chi connectivity index (χ1v) is 9.56. The molecule has 0 fully saturated rings. The molecule has 0 radical (unpaired) electrons. The van der Waals surface area contributed by atoms with Gasteiger partial charge in [-0.05, 0) is 38.8 Å². The van der Waals surface area contributed by atoms with Crippen LogP contribution < -0.4 is 5.32 Å². The van der Waals surface area contributed by atoms with E-state index in [-0.39, 0.29) is 5.91 Å². The third-order valence-corrected chi connectivity index (χ3v) is 5.71. The normalized spacial score (nSPS) is 11.2. The Balaban J connectivity index is 1.44. The highest BCUT2D eigenvalue weighted by atomic mass is 32.1. The molecule has 0 spiro atoms. The van der Waals surface area contributed by atoms with Gasteiger partial charge in [0.05, 0.1) is 11.4 Å². The number of carbonyl (C=O) groups excluding carboxylic acids is 1. The average Bonchev–Trinajstić information content (AvgIpc) is 3.33. The number of nitrogens with zero attached hydrogens (tertiary/aromatic N) is 4. The van der Waals surface area contributed by atoms with Crippen molar-refractivity contribution in [3.8, 4) is 5.13 Å². The maximum atomic E-state index is 12.5. The van der Waals surface area contributed by atoms with Gasteiger partial charge in [0.15, 0.2) is 5.69 Å². The second-order valence-corrected chi connectivity index (χ2v) is 7.62. The van der Waals surface area contributed by atoms with Crippen molar-refractivity contribution < 1.29 is 4.79 Å². The number of aromatic nitrogens is 5. The largest absolute Gasteiger partial charge is 0.361 e. The minimum Gasteiger partial charge on any atom is -0.361 e. The second-order valence-electron chi connectivity index (χ2n) is 6.44. The van der Waals surface area contributed by atoms with E-state index in [4.69, 9.17) is 0 Å². The molecule has 3 heterocycles. The fourth-order valence-electron chi connectivity index (χ4n) is 3.00. The predicted molar refractivity (Wildman–Crippen MR) is 106 cm³/mol. The molecular weight excluding hydrogens is 360 g/mol. The van der Waals surface area contributed by atoms with Gasteiger partial charge in [-0.25, -0.2) is 4.98 Å². The molecule has 3 aromatic heterocycles. The van der Waals surface area contributed by atoms with Crippen LogP contribution in [0.4, 0.5) is 0 Å². The van der Waals surface area contributed by atoms with E-state index in [1.54, 1.807) is 4.68 Å². The molecule has 7 nitrogen and oxygen atoms in total. The Morgan fingerprint density at radius 1 is 1.26 bits per heavy atom. The number of carbonyl (C=O) groups is 1. The van der Waals surface area contributed by atoms with Gasteiger partial charge in [-0.2, -0.15) is 4.68 Å². The lowest BCUT2D eigenvalue weighted by Gasteiger charge is -2.04. The smallest absolute Gasteiger partial charge is 0.273 e. The zero-order chi connectivity index (χ0) is 19.0. The van der Waals surface area contributed by atoms with Crippen LogP contribution in [0.3, 0.4) is 0 Å². The summed E-state index contributed by atoms with van der Waals surface area (Å²) in [5.74, 6) is -0.219. The van der Waals surface area contributed by atoms with Crippen LogP contribution >= 0.6 is 11.3 Å². The molecule has 0 bridgehead atoms. The molecule has 27 heavy (non-hydrogen) atoms. The number of rotatable bonds is 5. The standard InChI is InChI=1S/C19H20N6OS/c1-11-13(3)27-19(22-11)25-12(2)17(23-24-25)18(26)20-9-8-14-10-21-16-7-5-4-6-15(14)16/h4-7,10,21H,8-9H2,1-3H3,(H,20,26). The summed E-state index contributed by atoms with van der Waals surface area (Å²) in [6.07, 6.45) is 2.74. The van der Waals surface area contributed by atoms with E-state index in [0.29, 0.717) is 17.9 Å². The Morgan fingerprint density at radius 2 is 2.07 bits per heavy atom. The molecule has 138 valence electrons. The van der Waals surface area contributed by atoms with Crippen LogP contribution in [-0.2, 0) is 6.42 Å². The van der Waals surface area contributed by atoms with E-state index in [1.165, 1.54) is 22.3 Å². The van der Waals surface area contributed by atoms with E-state index < -0.39 is 0 Å². The second kappa shape index (κ2) is 6.96. The van der Waals surface area contributed by atoms with Crippen LogP contribution in [0.1, 0.15) is 32.3 Å². The van der Waals surface area contributed by atoms with Gasteiger partial charge in [0.2, 0.25) is 5.13 Å². The summed E-state index contributed by atoms with van der Waals surface area (Å²) in [6, 6.07) is 8.14. The van der Waals surface area contributed by atoms with Gasteiger partial charge in [0.25, 0.3) is 5.91 Å². The van der Waals surface area contributed by atoms with Gasteiger partial charge in [-0.3, -0.25) is 4.79 Å². The van der Waals surface area contributed by atoms with Crippen molar-refractivity contribution in [1.29, 1.82) is 0 Å². The summed E-state index contributed by atoms with van der Waals surface area (Å²) in [5.41, 5.74) is 4.27. The SMILES string of the molecule is Cc1nc(-n2nnc(C(=O)NCCc3c[nH]c4ccccc34)c2C)sc1C. The van der Waals surface area contributed by atoms with E-state index in [2.05, 4.69) is 31.7 Å². The summed E-state index contributed by atoms with van der Waals surface area (Å²) in [7, 11) is 0. The number of hydrogen-bond acceptors (Lipinski definition) is 5. The summed E-state index contributed by atoms with van der Waals surface area (Å²) in [5, 5.41) is 13.0. The molecule has 0 aliphatic carbocycles. The molecule has 0 aliphatic rings. The van der Waals surface area contributed by atoms with E-state index in [0.717, 1.165) is 27.6 Å². The minimum atomic E-state index is -0.219. The number of aryl methyl sites for hydroxylation is 2. The number of amides is 1. The highest BCUT2D eigenvalue weighted by Gasteiger charge is 2.19. The van der Waals surface area contributed by atoms with Crippen LogP contribution in [0, 0.1) is 20.8 Å². The van der Waals surface area contributed by atoms with Gasteiger partial charge in [-0.15, -0.1) is 5.10 Å². The molecule has 0 aliphatic heterocycles. The fourth-order valence-corrected chi connectivity index (χ4v) is 3.91. The van der Waals surface area contributed by atoms with Crippen LogP contribution in [0.2, 0.25) is 0 Å². The Hall–Kier alpha value is -3.00. The first-order valence-electron chi connectivity index (χ1n) is 8.74. The quantitative estimate of drug-likeness (QED) is 0.557. The number of fused-ring (bicyclic) bond motifs is 1. The summed E-state index contributed by atoms with van der Waals surface area (Å²) < 4.78 is 1.62. The Kier molecular flexibility index (Phi) is 4.49. The number of nitrogens with one attached hydrogen (secondary N) is 2. The number of benzene rings is 1. The lowest BCUT2D eigenvalue weighted by molar-refractivity contribution is 0.0948. The maximum Gasteiger partial charge on any atom is 0.273 e. The molecular formula is C19H20N6OS. The highest BCUT2D eigenvalue weighted by molar-refractivity contribution is 7.14. The zero-order valence-corrected chi connectivity index (χ0v) is 16.2. The topological polar surface area (TPSA) is 88.5 Å². The van der Waals surface area contributed by atoms with Crippen LogP contribution in [0.5, 0.6) is 0 Å².